The van der Waals surface area contributed by atoms with Gasteiger partial charge in [-0.15, -0.1) is 0 Å². The summed E-state index contributed by atoms with van der Waals surface area (Å²) in [6, 6.07) is 1.98. The lowest BCUT2D eigenvalue weighted by molar-refractivity contribution is -0.169. The molecule has 1 aromatic carbocycles. The highest BCUT2D eigenvalue weighted by molar-refractivity contribution is 6.24. The zero-order valence-corrected chi connectivity index (χ0v) is 25.5. The molecule has 1 saturated carbocycles. The first-order chi connectivity index (χ1) is 19.7. The van der Waals surface area contributed by atoms with Gasteiger partial charge >= 0.3 is 0 Å². The van der Waals surface area contributed by atoms with E-state index in [1.165, 1.54) is 19.0 Å². The summed E-state index contributed by atoms with van der Waals surface area (Å²) in [6.45, 7) is 10.1. The Morgan fingerprint density at radius 2 is 1.65 bits per heavy atom. The number of anilines is 1. The molecule has 0 aromatic heterocycles. The largest absolute Gasteiger partial charge is 0.508 e. The van der Waals surface area contributed by atoms with Crippen LogP contribution in [0.1, 0.15) is 64.5 Å². The van der Waals surface area contributed by atoms with Crippen molar-refractivity contribution in [3.8, 4) is 5.75 Å². The van der Waals surface area contributed by atoms with Gasteiger partial charge in [0, 0.05) is 28.6 Å². The van der Waals surface area contributed by atoms with Gasteiger partial charge in [0.25, 0.3) is 5.91 Å². The van der Waals surface area contributed by atoms with E-state index in [-0.39, 0.29) is 28.4 Å². The Bertz CT molecular complexity index is 1480. The highest BCUT2D eigenvalue weighted by Crippen LogP contribution is 2.56. The average molecular weight is 599 g/mol. The third kappa shape index (κ3) is 4.45. The van der Waals surface area contributed by atoms with Crippen LogP contribution in [0.3, 0.4) is 0 Å². The van der Waals surface area contributed by atoms with E-state index in [1.807, 2.05) is 0 Å². The van der Waals surface area contributed by atoms with Gasteiger partial charge in [-0.2, -0.15) is 0 Å². The van der Waals surface area contributed by atoms with Gasteiger partial charge in [-0.25, -0.2) is 0 Å². The number of primary amides is 1. The summed E-state index contributed by atoms with van der Waals surface area (Å²) < 4.78 is 0. The fraction of sp³-hybridized carbons (Fsp3) is 0.581. The highest BCUT2D eigenvalue weighted by Gasteiger charge is 2.68. The molecule has 0 spiro atoms. The number of piperidine rings is 1. The van der Waals surface area contributed by atoms with E-state index >= 15 is 0 Å². The number of phenols is 1. The Labute approximate surface area is 250 Å². The van der Waals surface area contributed by atoms with Gasteiger partial charge in [0.15, 0.2) is 11.4 Å². The van der Waals surface area contributed by atoms with Gasteiger partial charge in [-0.3, -0.25) is 19.3 Å². The van der Waals surface area contributed by atoms with Crippen LogP contribution in [0.25, 0.3) is 5.76 Å². The van der Waals surface area contributed by atoms with E-state index in [9.17, 15) is 39.9 Å². The van der Waals surface area contributed by atoms with Crippen LogP contribution in [-0.4, -0.2) is 96.9 Å². The van der Waals surface area contributed by atoms with Crippen molar-refractivity contribution in [1.82, 2.24) is 10.2 Å². The van der Waals surface area contributed by atoms with Crippen molar-refractivity contribution < 1.29 is 39.9 Å². The molecule has 0 bridgehead atoms. The van der Waals surface area contributed by atoms with Gasteiger partial charge < -0.3 is 41.9 Å². The van der Waals surface area contributed by atoms with E-state index in [0.717, 1.165) is 12.8 Å². The van der Waals surface area contributed by atoms with Crippen molar-refractivity contribution in [3.63, 3.8) is 0 Å². The van der Waals surface area contributed by atoms with E-state index in [0.29, 0.717) is 11.3 Å². The Morgan fingerprint density at radius 1 is 1.07 bits per heavy atom. The number of hydrogen-bond donors (Lipinski definition) is 8. The average Bonchev–Trinajstić information content (AvgIpc) is 2.85. The molecule has 6 atom stereocenters. The number of ketones is 2. The minimum Gasteiger partial charge on any atom is -0.508 e. The second kappa shape index (κ2) is 9.78. The number of likely N-dealkylation sites (N-methyl/N-ethyl adjacent to an activating group) is 1. The minimum absolute atomic E-state index is 0.0320. The number of phenolic OH excluding ortho intramolecular Hbond substituents is 1. The first-order valence-corrected chi connectivity index (χ1v) is 14.5. The number of carbonyl (C=O) groups is 3. The van der Waals surface area contributed by atoms with Crippen molar-refractivity contribution in [1.29, 1.82) is 0 Å². The molecule has 2 fully saturated rings. The summed E-state index contributed by atoms with van der Waals surface area (Å²) in [6.07, 6.45) is -0.135. The number of amides is 1. The third-order valence-electron chi connectivity index (χ3n) is 9.68. The van der Waals surface area contributed by atoms with E-state index < -0.39 is 75.6 Å². The molecule has 0 radical (unpaired) electrons. The molecular formula is C31H42N4O8. The zero-order valence-electron chi connectivity index (χ0n) is 25.5. The molecule has 1 aromatic rings. The topological polar surface area (TPSA) is 206 Å². The van der Waals surface area contributed by atoms with Gasteiger partial charge in [0.2, 0.25) is 5.78 Å². The predicted molar refractivity (Wildman–Crippen MR) is 158 cm³/mol. The number of nitrogens with one attached hydrogen (secondary N) is 2. The fourth-order valence-corrected chi connectivity index (χ4v) is 8.38. The number of hydrogen-bond acceptors (Lipinski definition) is 11. The van der Waals surface area contributed by atoms with Crippen LogP contribution in [0.4, 0.5) is 5.69 Å². The SMILES string of the molecule is CC1c2ccc(NC3CC(C)(C)NC(C)(C)C3)c(O)c2C(O)=C2C(=O)C3(O)C(O)=C(C(N)=O)C(=O)C(N(C)C)C3C(O)C21. The fourth-order valence-electron chi connectivity index (χ4n) is 8.38. The summed E-state index contributed by atoms with van der Waals surface area (Å²) in [5, 5.41) is 64.7. The van der Waals surface area contributed by atoms with Crippen molar-refractivity contribution >= 4 is 28.9 Å². The number of nitrogens with two attached hydrogens (primary N) is 1. The van der Waals surface area contributed by atoms with Gasteiger partial charge in [0.05, 0.1) is 29.3 Å². The number of benzene rings is 1. The normalized spacial score (nSPS) is 33.7. The van der Waals surface area contributed by atoms with Crippen molar-refractivity contribution in [2.45, 2.75) is 88.2 Å². The third-order valence-corrected chi connectivity index (χ3v) is 9.68. The van der Waals surface area contributed by atoms with E-state index in [4.69, 9.17) is 5.73 Å². The van der Waals surface area contributed by atoms with Crippen LogP contribution >= 0.6 is 0 Å². The monoisotopic (exact) mass is 598 g/mol. The maximum absolute atomic E-state index is 14.2. The first-order valence-electron chi connectivity index (χ1n) is 14.5. The van der Waals surface area contributed by atoms with Crippen molar-refractivity contribution in [2.75, 3.05) is 19.4 Å². The Hall–Kier alpha value is -3.45. The maximum Gasteiger partial charge on any atom is 0.255 e. The lowest BCUT2D eigenvalue weighted by atomic mass is 9.54. The van der Waals surface area contributed by atoms with Crippen LogP contribution in [0, 0.1) is 11.8 Å². The second-order valence-corrected chi connectivity index (χ2v) is 14.1. The van der Waals surface area contributed by atoms with E-state index in [2.05, 4.69) is 38.3 Å². The maximum atomic E-state index is 14.2. The summed E-state index contributed by atoms with van der Waals surface area (Å²) in [4.78, 5) is 41.0. The summed E-state index contributed by atoms with van der Waals surface area (Å²) in [5.41, 5.74) is 1.47. The Kier molecular flexibility index (Phi) is 7.05. The van der Waals surface area contributed by atoms with Crippen LogP contribution in [-0.2, 0) is 14.4 Å². The summed E-state index contributed by atoms with van der Waals surface area (Å²) >= 11 is 0. The quantitative estimate of drug-likeness (QED) is 0.183. The number of rotatable bonds is 4. The standard InChI is InChI=1S/C31H42N4O8/c1-12-14-8-9-15(33-13-10-29(2,3)34-30(4,5)11-13)22(36)17(14)23(37)18-16(12)24(38)20-21(35(6)7)25(39)19(28(32)42)27(41)31(20,43)26(18)40/h8-9,12-13,16,20-21,24,33-34,36-38,41,43H,10-11H2,1-7H3,(H2,32,42). The lowest BCUT2D eigenvalue weighted by Gasteiger charge is -2.53. The number of nitrogens with zero attached hydrogens (tertiary/aromatic N) is 1. The molecule has 6 unspecified atom stereocenters. The molecule has 12 heteroatoms. The molecule has 234 valence electrons. The van der Waals surface area contributed by atoms with E-state index in [1.54, 1.807) is 19.1 Å². The predicted octanol–water partition coefficient (Wildman–Crippen LogP) is 1.22. The lowest BCUT2D eigenvalue weighted by Crippen LogP contribution is -2.70. The number of aliphatic hydroxyl groups is 4. The van der Waals surface area contributed by atoms with Gasteiger partial charge in [0.1, 0.15) is 22.8 Å². The number of aliphatic hydroxyl groups excluding tert-OH is 3. The molecule has 4 aliphatic rings. The van der Waals surface area contributed by atoms with Gasteiger partial charge in [-0.1, -0.05) is 13.0 Å². The number of aromatic hydroxyl groups is 1. The Morgan fingerprint density at radius 3 is 2.19 bits per heavy atom. The first kappa shape index (κ1) is 31.0. The molecule has 9 N–H and O–H groups in total. The molecule has 1 heterocycles. The van der Waals surface area contributed by atoms with Crippen LogP contribution in [0.15, 0.2) is 29.0 Å². The molecule has 5 rings (SSSR count). The number of fused-ring (bicyclic) bond motifs is 3. The molecule has 12 nitrogen and oxygen atoms in total. The second-order valence-electron chi connectivity index (χ2n) is 14.1. The molecule has 3 aliphatic carbocycles. The van der Waals surface area contributed by atoms with Crippen molar-refractivity contribution in [3.05, 3.63) is 40.2 Å². The smallest absolute Gasteiger partial charge is 0.255 e. The molecule has 1 amide bonds. The molecule has 43 heavy (non-hydrogen) atoms. The molecule has 1 aliphatic heterocycles. The summed E-state index contributed by atoms with van der Waals surface area (Å²) in [5.74, 6) is -9.04. The number of carbonyl (C=O) groups excluding carboxylic acids is 3. The zero-order chi connectivity index (χ0) is 32.1. The van der Waals surface area contributed by atoms with Crippen LogP contribution in [0.5, 0.6) is 5.75 Å². The van der Waals surface area contributed by atoms with Crippen molar-refractivity contribution in [2.24, 2.45) is 17.6 Å². The molecule has 1 saturated heterocycles. The van der Waals surface area contributed by atoms with Gasteiger partial charge in [-0.05, 0) is 72.2 Å². The van der Waals surface area contributed by atoms with Crippen LogP contribution in [0.2, 0.25) is 0 Å². The minimum atomic E-state index is -2.94. The summed E-state index contributed by atoms with van der Waals surface area (Å²) in [7, 11) is 2.95. The van der Waals surface area contributed by atoms with Crippen LogP contribution < -0.4 is 16.4 Å². The molecular weight excluding hydrogens is 556 g/mol. The highest BCUT2D eigenvalue weighted by atomic mass is 16.4. The number of Topliss-reactive ketones (excluding diaryl/α,β-unsaturated/α-hetero) is 2. The Balaban J connectivity index is 1.66.